The maximum Gasteiger partial charge on any atom is 0.311 e. The minimum absolute atomic E-state index is 0.219. The highest BCUT2D eigenvalue weighted by Crippen LogP contribution is 2.31. The van der Waals surface area contributed by atoms with E-state index in [9.17, 15) is 4.79 Å². The van der Waals surface area contributed by atoms with Crippen molar-refractivity contribution in [2.75, 3.05) is 20.3 Å². The zero-order valence-electron chi connectivity index (χ0n) is 10.1. The van der Waals surface area contributed by atoms with E-state index in [1.165, 1.54) is 0 Å². The van der Waals surface area contributed by atoms with Crippen LogP contribution in [0.5, 0.6) is 0 Å². The van der Waals surface area contributed by atoms with Gasteiger partial charge in [-0.3, -0.25) is 4.79 Å². The molecule has 0 unspecified atom stereocenters. The first kappa shape index (κ1) is 12.8. The number of methoxy groups -OCH3 is 1. The van der Waals surface area contributed by atoms with E-state index in [-0.39, 0.29) is 19.5 Å². The SMILES string of the molecule is COC1CCC(C2OCC(C(=O)O)CO2)CC1. The fourth-order valence-corrected chi connectivity index (χ4v) is 2.53. The molecule has 2 aliphatic rings. The summed E-state index contributed by atoms with van der Waals surface area (Å²) in [6, 6.07) is 0. The fourth-order valence-electron chi connectivity index (χ4n) is 2.53. The lowest BCUT2D eigenvalue weighted by Gasteiger charge is -2.36. The van der Waals surface area contributed by atoms with Crippen molar-refractivity contribution in [1.82, 2.24) is 0 Å². The van der Waals surface area contributed by atoms with Gasteiger partial charge in [-0.25, -0.2) is 0 Å². The van der Waals surface area contributed by atoms with Gasteiger partial charge in [0.15, 0.2) is 6.29 Å². The molecule has 0 radical (unpaired) electrons. The molecule has 0 aromatic carbocycles. The van der Waals surface area contributed by atoms with Crippen LogP contribution in [0.3, 0.4) is 0 Å². The van der Waals surface area contributed by atoms with Gasteiger partial charge in [0, 0.05) is 13.0 Å². The third-order valence-electron chi connectivity index (χ3n) is 3.71. The van der Waals surface area contributed by atoms with Crippen LogP contribution in [0.25, 0.3) is 0 Å². The van der Waals surface area contributed by atoms with Gasteiger partial charge in [0.05, 0.1) is 19.3 Å². The van der Waals surface area contributed by atoms with Crippen LogP contribution < -0.4 is 0 Å². The van der Waals surface area contributed by atoms with Gasteiger partial charge in [-0.05, 0) is 25.7 Å². The Morgan fingerprint density at radius 1 is 1.18 bits per heavy atom. The first-order chi connectivity index (χ1) is 8.20. The highest BCUT2D eigenvalue weighted by molar-refractivity contribution is 5.70. The second kappa shape index (κ2) is 5.80. The minimum Gasteiger partial charge on any atom is -0.481 e. The van der Waals surface area contributed by atoms with Gasteiger partial charge in [0.1, 0.15) is 5.92 Å². The van der Waals surface area contributed by atoms with E-state index in [4.69, 9.17) is 19.3 Å². The summed E-state index contributed by atoms with van der Waals surface area (Å²) in [6.07, 6.45) is 4.27. The summed E-state index contributed by atoms with van der Waals surface area (Å²) in [5, 5.41) is 8.82. The summed E-state index contributed by atoms with van der Waals surface area (Å²) in [5.74, 6) is -0.968. The molecule has 2 fully saturated rings. The molecule has 1 aliphatic carbocycles. The largest absolute Gasteiger partial charge is 0.481 e. The van der Waals surface area contributed by atoms with Crippen molar-refractivity contribution in [3.05, 3.63) is 0 Å². The van der Waals surface area contributed by atoms with Crippen molar-refractivity contribution in [3.8, 4) is 0 Å². The van der Waals surface area contributed by atoms with Crippen LogP contribution >= 0.6 is 0 Å². The van der Waals surface area contributed by atoms with Crippen LogP contribution in [0.1, 0.15) is 25.7 Å². The molecule has 0 bridgehead atoms. The number of hydrogen-bond acceptors (Lipinski definition) is 4. The van der Waals surface area contributed by atoms with Crippen LogP contribution in [-0.4, -0.2) is 43.8 Å². The zero-order chi connectivity index (χ0) is 12.3. The maximum absolute atomic E-state index is 10.7. The van der Waals surface area contributed by atoms with Gasteiger partial charge < -0.3 is 19.3 Å². The summed E-state index contributed by atoms with van der Waals surface area (Å²) < 4.78 is 16.3. The third-order valence-corrected chi connectivity index (χ3v) is 3.71. The molecule has 17 heavy (non-hydrogen) atoms. The average Bonchev–Trinajstić information content (AvgIpc) is 2.39. The summed E-state index contributed by atoms with van der Waals surface area (Å²) in [6.45, 7) is 0.536. The monoisotopic (exact) mass is 244 g/mol. The Morgan fingerprint density at radius 3 is 2.24 bits per heavy atom. The third kappa shape index (κ3) is 3.18. The Balaban J connectivity index is 1.76. The van der Waals surface area contributed by atoms with Gasteiger partial charge in [0.25, 0.3) is 0 Å². The number of carbonyl (C=O) groups is 1. The molecular formula is C12H20O5. The Kier molecular flexibility index (Phi) is 4.36. The van der Waals surface area contributed by atoms with Crippen LogP contribution in [-0.2, 0) is 19.0 Å². The molecule has 0 spiro atoms. The molecule has 5 heteroatoms. The Hall–Kier alpha value is -0.650. The fraction of sp³-hybridized carbons (Fsp3) is 0.917. The van der Waals surface area contributed by atoms with Gasteiger partial charge in [-0.1, -0.05) is 0 Å². The number of carboxylic acids is 1. The minimum atomic E-state index is -0.841. The van der Waals surface area contributed by atoms with Crippen LogP contribution in [0, 0.1) is 11.8 Å². The van der Waals surface area contributed by atoms with Crippen LogP contribution in [0.15, 0.2) is 0 Å². The second-order valence-electron chi connectivity index (χ2n) is 4.84. The first-order valence-corrected chi connectivity index (χ1v) is 6.19. The van der Waals surface area contributed by atoms with Crippen molar-refractivity contribution in [3.63, 3.8) is 0 Å². The van der Waals surface area contributed by atoms with Gasteiger partial charge in [0.2, 0.25) is 0 Å². The number of ether oxygens (including phenoxy) is 3. The van der Waals surface area contributed by atoms with E-state index in [2.05, 4.69) is 0 Å². The molecule has 5 nitrogen and oxygen atoms in total. The average molecular weight is 244 g/mol. The lowest BCUT2D eigenvalue weighted by Crippen LogP contribution is -2.41. The topological polar surface area (TPSA) is 65.0 Å². The first-order valence-electron chi connectivity index (χ1n) is 6.19. The molecule has 1 N–H and O–H groups in total. The predicted molar refractivity (Wildman–Crippen MR) is 59.6 cm³/mol. The smallest absolute Gasteiger partial charge is 0.311 e. The highest BCUT2D eigenvalue weighted by atomic mass is 16.7. The van der Waals surface area contributed by atoms with Crippen molar-refractivity contribution in [2.24, 2.45) is 11.8 Å². The molecule has 0 atom stereocenters. The normalized spacial score (nSPS) is 38.9. The molecular weight excluding hydrogens is 224 g/mol. The van der Waals surface area contributed by atoms with E-state index in [1.54, 1.807) is 7.11 Å². The molecule has 98 valence electrons. The molecule has 0 aromatic heterocycles. The Labute approximate surface area is 101 Å². The number of carboxylic acid groups (broad SMARTS) is 1. The van der Waals surface area contributed by atoms with E-state index in [0.29, 0.717) is 12.0 Å². The molecule has 1 heterocycles. The Bertz CT molecular complexity index is 252. The van der Waals surface area contributed by atoms with Crippen molar-refractivity contribution in [1.29, 1.82) is 0 Å². The summed E-state index contributed by atoms with van der Waals surface area (Å²) in [4.78, 5) is 10.7. The lowest BCUT2D eigenvalue weighted by molar-refractivity contribution is -0.232. The molecule has 1 saturated carbocycles. The lowest BCUT2D eigenvalue weighted by atomic mass is 9.86. The molecule has 2 rings (SSSR count). The number of hydrogen-bond donors (Lipinski definition) is 1. The summed E-state index contributed by atoms with van der Waals surface area (Å²) >= 11 is 0. The summed E-state index contributed by atoms with van der Waals surface area (Å²) in [5.41, 5.74) is 0. The molecule has 1 saturated heterocycles. The van der Waals surface area contributed by atoms with E-state index < -0.39 is 11.9 Å². The van der Waals surface area contributed by atoms with E-state index in [1.807, 2.05) is 0 Å². The van der Waals surface area contributed by atoms with E-state index in [0.717, 1.165) is 25.7 Å². The summed E-state index contributed by atoms with van der Waals surface area (Å²) in [7, 11) is 1.75. The van der Waals surface area contributed by atoms with Gasteiger partial charge in [-0.2, -0.15) is 0 Å². The highest BCUT2D eigenvalue weighted by Gasteiger charge is 2.34. The van der Waals surface area contributed by atoms with Gasteiger partial charge in [-0.15, -0.1) is 0 Å². The Morgan fingerprint density at radius 2 is 1.76 bits per heavy atom. The van der Waals surface area contributed by atoms with Crippen LogP contribution in [0.4, 0.5) is 0 Å². The van der Waals surface area contributed by atoms with E-state index >= 15 is 0 Å². The molecule has 1 aliphatic heterocycles. The van der Waals surface area contributed by atoms with Crippen LogP contribution in [0.2, 0.25) is 0 Å². The molecule has 0 amide bonds. The molecule has 0 aromatic rings. The quantitative estimate of drug-likeness (QED) is 0.809. The number of aliphatic carboxylic acids is 1. The standard InChI is InChI=1S/C12H20O5/c1-15-10-4-2-8(3-5-10)12-16-6-9(7-17-12)11(13)14/h8-10,12H,2-7H2,1H3,(H,13,14). The van der Waals surface area contributed by atoms with Crippen molar-refractivity contribution in [2.45, 2.75) is 38.1 Å². The second-order valence-corrected chi connectivity index (χ2v) is 4.84. The zero-order valence-corrected chi connectivity index (χ0v) is 10.1. The van der Waals surface area contributed by atoms with Gasteiger partial charge >= 0.3 is 5.97 Å². The predicted octanol–water partition coefficient (Wildman–Crippen LogP) is 1.27. The van der Waals surface area contributed by atoms with Crippen molar-refractivity contribution < 1.29 is 24.1 Å². The maximum atomic E-state index is 10.7. The number of rotatable bonds is 3. The van der Waals surface area contributed by atoms with Crippen molar-refractivity contribution >= 4 is 5.97 Å².